The maximum atomic E-state index is 12.8. The van der Waals surface area contributed by atoms with Gasteiger partial charge in [0.2, 0.25) is 10.0 Å². The van der Waals surface area contributed by atoms with E-state index < -0.39 is 16.1 Å². The van der Waals surface area contributed by atoms with Crippen LogP contribution in [0.4, 0.5) is 4.79 Å². The number of ether oxygens (including phenoxy) is 1. The maximum Gasteiger partial charge on any atom is 0.321 e. The summed E-state index contributed by atoms with van der Waals surface area (Å²) >= 11 is 1.46. The number of fused-ring (bicyclic) bond motifs is 1. The molecule has 0 aromatic heterocycles. The Morgan fingerprint density at radius 1 is 1.35 bits per heavy atom. The molecule has 1 atom stereocenters. The van der Waals surface area contributed by atoms with Gasteiger partial charge >= 0.3 is 6.03 Å². The molecule has 3 rings (SSSR count). The third kappa shape index (κ3) is 3.60. The predicted octanol–water partition coefficient (Wildman–Crippen LogP) is 1.72. The molecular formula is C17H20N3O4S2. The van der Waals surface area contributed by atoms with E-state index in [0.717, 1.165) is 16.2 Å². The Morgan fingerprint density at radius 3 is 2.77 bits per heavy atom. The molecule has 1 unspecified atom stereocenters. The summed E-state index contributed by atoms with van der Waals surface area (Å²) in [5, 5.41) is 2.85. The van der Waals surface area contributed by atoms with Gasteiger partial charge in [-0.3, -0.25) is 0 Å². The highest BCUT2D eigenvalue weighted by Crippen LogP contribution is 2.33. The lowest BCUT2D eigenvalue weighted by Crippen LogP contribution is -2.47. The fourth-order valence-corrected chi connectivity index (χ4v) is 4.84. The summed E-state index contributed by atoms with van der Waals surface area (Å²) < 4.78 is 33.5. The van der Waals surface area contributed by atoms with Crippen molar-refractivity contribution in [3.05, 3.63) is 52.9 Å². The molecule has 1 aliphatic carbocycles. The SMILES string of the molecule is COc1ccccc1S(=O)(=O)NC1[CH]C(SC)=C2NC(=O)N(C)CC2=C1. The van der Waals surface area contributed by atoms with Gasteiger partial charge in [0.1, 0.15) is 10.6 Å². The van der Waals surface area contributed by atoms with Crippen molar-refractivity contribution in [3.8, 4) is 5.75 Å². The predicted molar refractivity (Wildman–Crippen MR) is 101 cm³/mol. The highest BCUT2D eigenvalue weighted by molar-refractivity contribution is 8.02. The van der Waals surface area contributed by atoms with Gasteiger partial charge in [0, 0.05) is 31.0 Å². The molecule has 1 aromatic carbocycles. The van der Waals surface area contributed by atoms with Crippen LogP contribution in [0.2, 0.25) is 0 Å². The lowest BCUT2D eigenvalue weighted by Gasteiger charge is -2.34. The van der Waals surface area contributed by atoms with Crippen molar-refractivity contribution in [2.45, 2.75) is 10.9 Å². The molecule has 1 radical (unpaired) electrons. The normalized spacial score (nSPS) is 20.4. The number of rotatable bonds is 5. The molecule has 2 N–H and O–H groups in total. The van der Waals surface area contributed by atoms with Crippen molar-refractivity contribution >= 4 is 27.8 Å². The number of thioether (sulfide) groups is 1. The van der Waals surface area contributed by atoms with Crippen molar-refractivity contribution in [1.29, 1.82) is 0 Å². The molecule has 1 aromatic rings. The van der Waals surface area contributed by atoms with Crippen LogP contribution >= 0.6 is 11.8 Å². The van der Waals surface area contributed by atoms with Gasteiger partial charge in [-0.2, -0.15) is 0 Å². The quantitative estimate of drug-likeness (QED) is 0.794. The van der Waals surface area contributed by atoms with Crippen molar-refractivity contribution < 1.29 is 17.9 Å². The minimum absolute atomic E-state index is 0.0869. The first-order valence-electron chi connectivity index (χ1n) is 7.87. The van der Waals surface area contributed by atoms with Crippen molar-refractivity contribution in [1.82, 2.24) is 14.9 Å². The summed E-state index contributed by atoms with van der Waals surface area (Å²) in [6.45, 7) is 0.423. The van der Waals surface area contributed by atoms with Gasteiger partial charge in [-0.1, -0.05) is 18.2 Å². The van der Waals surface area contributed by atoms with Crippen LogP contribution in [-0.2, 0) is 10.0 Å². The smallest absolute Gasteiger partial charge is 0.321 e. The van der Waals surface area contributed by atoms with E-state index in [1.54, 1.807) is 36.6 Å². The largest absolute Gasteiger partial charge is 0.495 e. The van der Waals surface area contributed by atoms with Crippen LogP contribution in [0.3, 0.4) is 0 Å². The van der Waals surface area contributed by atoms with E-state index in [0.29, 0.717) is 6.54 Å². The number of sulfonamides is 1. The zero-order valence-corrected chi connectivity index (χ0v) is 16.3. The van der Waals surface area contributed by atoms with Crippen LogP contribution in [0.15, 0.2) is 51.4 Å². The van der Waals surface area contributed by atoms with Gasteiger partial charge in [-0.25, -0.2) is 17.9 Å². The zero-order valence-electron chi connectivity index (χ0n) is 14.6. The first-order valence-corrected chi connectivity index (χ1v) is 10.6. The minimum atomic E-state index is -3.78. The van der Waals surface area contributed by atoms with E-state index in [9.17, 15) is 13.2 Å². The second-order valence-electron chi connectivity index (χ2n) is 5.89. The fraction of sp³-hybridized carbons (Fsp3) is 0.294. The summed E-state index contributed by atoms with van der Waals surface area (Å²) in [7, 11) is -0.653. The van der Waals surface area contributed by atoms with Crippen LogP contribution in [0, 0.1) is 6.42 Å². The second-order valence-corrected chi connectivity index (χ2v) is 8.42. The average molecular weight is 394 g/mol. The molecule has 1 fully saturated rings. The van der Waals surface area contributed by atoms with Gasteiger partial charge < -0.3 is 15.0 Å². The minimum Gasteiger partial charge on any atom is -0.495 e. The molecule has 0 bridgehead atoms. The molecule has 1 saturated heterocycles. The highest BCUT2D eigenvalue weighted by Gasteiger charge is 2.31. The van der Waals surface area contributed by atoms with Crippen molar-refractivity contribution in [2.75, 3.05) is 27.0 Å². The first kappa shape index (κ1) is 18.8. The number of nitrogens with one attached hydrogen (secondary N) is 2. The van der Waals surface area contributed by atoms with Gasteiger partial charge in [-0.05, 0) is 24.0 Å². The summed E-state index contributed by atoms with van der Waals surface area (Å²) in [6.07, 6.45) is 5.50. The highest BCUT2D eigenvalue weighted by atomic mass is 32.2. The Bertz CT molecular complexity index is 893. The topological polar surface area (TPSA) is 87.7 Å². The van der Waals surface area contributed by atoms with Crippen molar-refractivity contribution in [3.63, 3.8) is 0 Å². The number of hydrogen-bond donors (Lipinski definition) is 2. The Morgan fingerprint density at radius 2 is 2.08 bits per heavy atom. The number of likely N-dealkylation sites (N-methyl/N-ethyl adjacent to an activating group) is 1. The van der Waals surface area contributed by atoms with E-state index in [4.69, 9.17) is 4.74 Å². The number of para-hydroxylation sites is 1. The van der Waals surface area contributed by atoms with Crippen LogP contribution < -0.4 is 14.8 Å². The molecule has 26 heavy (non-hydrogen) atoms. The Kier molecular flexibility index (Phi) is 5.31. The van der Waals surface area contributed by atoms with E-state index in [-0.39, 0.29) is 16.7 Å². The van der Waals surface area contributed by atoms with Crippen LogP contribution in [0.25, 0.3) is 0 Å². The molecule has 1 heterocycles. The average Bonchev–Trinajstić information content (AvgIpc) is 2.62. The molecular weight excluding hydrogens is 374 g/mol. The summed E-state index contributed by atoms with van der Waals surface area (Å²) in [5.74, 6) is 0.287. The van der Waals surface area contributed by atoms with Crippen LogP contribution in [0.5, 0.6) is 5.75 Å². The molecule has 2 amide bonds. The van der Waals surface area contributed by atoms with E-state index >= 15 is 0 Å². The molecule has 1 aliphatic heterocycles. The van der Waals surface area contributed by atoms with Gasteiger partial charge in [0.05, 0.1) is 12.8 Å². The number of benzene rings is 1. The maximum absolute atomic E-state index is 12.8. The Labute approximate surface area is 157 Å². The first-order chi connectivity index (χ1) is 12.4. The second kappa shape index (κ2) is 7.34. The summed E-state index contributed by atoms with van der Waals surface area (Å²) in [4.78, 5) is 14.3. The molecule has 2 aliphatic rings. The number of methoxy groups -OCH3 is 1. The monoisotopic (exact) mass is 394 g/mol. The number of amides is 2. The van der Waals surface area contributed by atoms with Gasteiger partial charge in [0.25, 0.3) is 0 Å². The summed E-state index contributed by atoms with van der Waals surface area (Å²) in [5.41, 5.74) is 1.63. The third-order valence-electron chi connectivity index (χ3n) is 4.14. The number of carbonyl (C=O) groups excluding carboxylic acids is 1. The lowest BCUT2D eigenvalue weighted by molar-refractivity contribution is 0.211. The lowest BCUT2D eigenvalue weighted by atomic mass is 9.98. The van der Waals surface area contributed by atoms with Crippen LogP contribution in [-0.4, -0.2) is 52.3 Å². The van der Waals surface area contributed by atoms with E-state index in [1.807, 2.05) is 12.3 Å². The number of carbonyl (C=O) groups is 1. The van der Waals surface area contributed by atoms with Crippen LogP contribution in [0.1, 0.15) is 0 Å². The number of hydrogen-bond acceptors (Lipinski definition) is 5. The van der Waals surface area contributed by atoms with E-state index in [1.165, 1.54) is 24.9 Å². The third-order valence-corrected chi connectivity index (χ3v) is 6.41. The number of nitrogens with zero attached hydrogens (tertiary/aromatic N) is 1. The van der Waals surface area contributed by atoms with Gasteiger partial charge in [-0.15, -0.1) is 11.8 Å². The Hall–Kier alpha value is -1.97. The molecule has 7 nitrogen and oxygen atoms in total. The molecule has 0 saturated carbocycles. The summed E-state index contributed by atoms with van der Waals surface area (Å²) in [6, 6.07) is 5.78. The zero-order chi connectivity index (χ0) is 18.9. The molecule has 0 spiro atoms. The van der Waals surface area contributed by atoms with Crippen molar-refractivity contribution in [2.24, 2.45) is 0 Å². The Balaban J connectivity index is 1.89. The standard InChI is InChI=1S/C17H20N3O4S2/c1-20-10-11-8-12(9-14(25-3)16(11)18-17(20)21)19-26(22,23)15-7-5-4-6-13(15)24-2/h4-9,12,19H,10H2,1-3H3,(H,18,21). The molecule has 139 valence electrons. The fourth-order valence-electron chi connectivity index (χ4n) is 2.88. The van der Waals surface area contributed by atoms with E-state index in [2.05, 4.69) is 10.0 Å². The van der Waals surface area contributed by atoms with Gasteiger partial charge in [0.15, 0.2) is 0 Å². The molecule has 9 heteroatoms. The number of urea groups is 1.